The number of carbonyl (C=O) groups excluding carboxylic acids is 1. The minimum absolute atomic E-state index is 0.0561. The number of hydrogen-bond acceptors (Lipinski definition) is 3. The molecule has 1 N–H and O–H groups in total. The summed E-state index contributed by atoms with van der Waals surface area (Å²) in [7, 11) is 0. The van der Waals surface area contributed by atoms with E-state index in [4.69, 9.17) is 0 Å². The summed E-state index contributed by atoms with van der Waals surface area (Å²) >= 11 is 0. The van der Waals surface area contributed by atoms with Crippen LogP contribution in [0.5, 0.6) is 0 Å². The zero-order chi connectivity index (χ0) is 16.4. The molecule has 0 saturated heterocycles. The molecule has 0 fully saturated rings. The first kappa shape index (κ1) is 15.2. The second-order valence-corrected chi connectivity index (χ2v) is 5.62. The van der Waals surface area contributed by atoms with Crippen LogP contribution in [-0.4, -0.2) is 27.2 Å². The number of hydrogen-bond donors (Lipinski definition) is 1. The van der Waals surface area contributed by atoms with Crippen LogP contribution >= 0.6 is 0 Å². The molecule has 5 heteroatoms. The minimum Gasteiger partial charge on any atom is -0.355 e. The van der Waals surface area contributed by atoms with Gasteiger partial charge in [-0.25, -0.2) is 9.67 Å². The highest BCUT2D eigenvalue weighted by molar-refractivity contribution is 5.95. The number of nitrogens with one attached hydrogen (secondary N) is 1. The summed E-state index contributed by atoms with van der Waals surface area (Å²) in [5.41, 5.74) is 5.07. The van der Waals surface area contributed by atoms with Crippen molar-refractivity contribution in [3.05, 3.63) is 47.8 Å². The van der Waals surface area contributed by atoms with Crippen LogP contribution < -0.4 is 5.32 Å². The molecule has 1 aromatic carbocycles. The molecule has 2 heterocycles. The van der Waals surface area contributed by atoms with E-state index in [1.807, 2.05) is 19.9 Å². The molecule has 0 unspecified atom stereocenters. The molecule has 0 aliphatic heterocycles. The Morgan fingerprint density at radius 1 is 1.17 bits per heavy atom. The van der Waals surface area contributed by atoms with Gasteiger partial charge in [0.15, 0.2) is 5.65 Å². The maximum Gasteiger partial charge on any atom is 0.241 e. The number of benzene rings is 1. The fraction of sp³-hybridized carbons (Fsp3) is 0.278. The number of rotatable bonds is 4. The minimum atomic E-state index is -0.0561. The largest absolute Gasteiger partial charge is 0.355 e. The molecule has 118 valence electrons. The van der Waals surface area contributed by atoms with E-state index in [-0.39, 0.29) is 12.5 Å². The van der Waals surface area contributed by atoms with E-state index < -0.39 is 0 Å². The molecule has 0 spiro atoms. The van der Waals surface area contributed by atoms with Gasteiger partial charge < -0.3 is 5.32 Å². The standard InChI is InChI=1S/C18H20N4O/c1-4-19-16(23)11-22-18-17(13(3)21-22)15(9-10-20-18)14-7-5-12(2)6-8-14/h5-10H,4,11H2,1-3H3,(H,19,23). The molecule has 0 atom stereocenters. The molecule has 23 heavy (non-hydrogen) atoms. The average Bonchev–Trinajstić information content (AvgIpc) is 2.85. The summed E-state index contributed by atoms with van der Waals surface area (Å²) in [5.74, 6) is -0.0561. The number of carbonyl (C=O) groups is 1. The topological polar surface area (TPSA) is 59.8 Å². The number of fused-ring (bicyclic) bond motifs is 1. The highest BCUT2D eigenvalue weighted by atomic mass is 16.2. The number of amides is 1. The molecule has 0 aliphatic rings. The van der Waals surface area contributed by atoms with Crippen molar-refractivity contribution in [2.24, 2.45) is 0 Å². The fourth-order valence-electron chi connectivity index (χ4n) is 2.75. The van der Waals surface area contributed by atoms with Crippen molar-refractivity contribution < 1.29 is 4.79 Å². The van der Waals surface area contributed by atoms with Gasteiger partial charge in [0.1, 0.15) is 6.54 Å². The first-order valence-electron chi connectivity index (χ1n) is 7.76. The molecule has 0 aliphatic carbocycles. The van der Waals surface area contributed by atoms with Crippen LogP contribution in [0.2, 0.25) is 0 Å². The molecule has 2 aromatic heterocycles. The SMILES string of the molecule is CCNC(=O)Cn1nc(C)c2c(-c3ccc(C)cc3)ccnc21. The molecule has 3 aromatic rings. The lowest BCUT2D eigenvalue weighted by Gasteiger charge is -2.06. The third kappa shape index (κ3) is 2.95. The first-order chi connectivity index (χ1) is 11.1. The maximum atomic E-state index is 11.9. The van der Waals surface area contributed by atoms with E-state index in [9.17, 15) is 4.79 Å². The second-order valence-electron chi connectivity index (χ2n) is 5.62. The van der Waals surface area contributed by atoms with Crippen LogP contribution in [0.4, 0.5) is 0 Å². The number of nitrogens with zero attached hydrogens (tertiary/aromatic N) is 3. The van der Waals surface area contributed by atoms with Crippen molar-refractivity contribution in [2.75, 3.05) is 6.54 Å². The summed E-state index contributed by atoms with van der Waals surface area (Å²) in [4.78, 5) is 16.3. The average molecular weight is 308 g/mol. The Kier molecular flexibility index (Phi) is 4.10. The molecule has 0 bridgehead atoms. The van der Waals surface area contributed by atoms with E-state index in [1.165, 1.54) is 5.56 Å². The Bertz CT molecular complexity index is 849. The van der Waals surface area contributed by atoms with Crippen LogP contribution in [0.15, 0.2) is 36.5 Å². The van der Waals surface area contributed by atoms with Crippen molar-refractivity contribution in [3.8, 4) is 11.1 Å². The van der Waals surface area contributed by atoms with Gasteiger partial charge in [0.2, 0.25) is 5.91 Å². The Morgan fingerprint density at radius 3 is 2.61 bits per heavy atom. The number of likely N-dealkylation sites (N-methyl/N-ethyl adjacent to an activating group) is 1. The van der Waals surface area contributed by atoms with Crippen LogP contribution in [0.25, 0.3) is 22.2 Å². The Morgan fingerprint density at radius 2 is 1.91 bits per heavy atom. The van der Waals surface area contributed by atoms with Gasteiger partial charge in [-0.2, -0.15) is 5.10 Å². The lowest BCUT2D eigenvalue weighted by Crippen LogP contribution is -2.27. The predicted octanol–water partition coefficient (Wildman–Crippen LogP) is 2.85. The summed E-state index contributed by atoms with van der Waals surface area (Å²) in [6.45, 7) is 6.72. The van der Waals surface area contributed by atoms with Gasteiger partial charge in [-0.15, -0.1) is 0 Å². The van der Waals surface area contributed by atoms with Gasteiger partial charge in [-0.1, -0.05) is 29.8 Å². The van der Waals surface area contributed by atoms with E-state index in [1.54, 1.807) is 10.9 Å². The lowest BCUT2D eigenvalue weighted by molar-refractivity contribution is -0.121. The van der Waals surface area contributed by atoms with Crippen LogP contribution in [-0.2, 0) is 11.3 Å². The third-order valence-electron chi connectivity index (χ3n) is 3.84. The van der Waals surface area contributed by atoms with Crippen molar-refractivity contribution in [1.82, 2.24) is 20.1 Å². The van der Waals surface area contributed by atoms with E-state index in [0.29, 0.717) is 6.54 Å². The van der Waals surface area contributed by atoms with Gasteiger partial charge in [-0.3, -0.25) is 4.79 Å². The van der Waals surface area contributed by atoms with Crippen molar-refractivity contribution >= 4 is 16.9 Å². The molecule has 0 radical (unpaired) electrons. The quantitative estimate of drug-likeness (QED) is 0.806. The Balaban J connectivity index is 2.09. The van der Waals surface area contributed by atoms with Crippen LogP contribution in [0.3, 0.4) is 0 Å². The highest BCUT2D eigenvalue weighted by Crippen LogP contribution is 2.29. The second kappa shape index (κ2) is 6.20. The number of aryl methyl sites for hydroxylation is 2. The van der Waals surface area contributed by atoms with E-state index in [2.05, 4.69) is 46.6 Å². The smallest absolute Gasteiger partial charge is 0.241 e. The van der Waals surface area contributed by atoms with E-state index in [0.717, 1.165) is 27.9 Å². The van der Waals surface area contributed by atoms with Crippen molar-refractivity contribution in [2.45, 2.75) is 27.3 Å². The monoisotopic (exact) mass is 308 g/mol. The number of aromatic nitrogens is 3. The fourth-order valence-corrected chi connectivity index (χ4v) is 2.75. The van der Waals surface area contributed by atoms with Gasteiger partial charge in [0, 0.05) is 18.1 Å². The van der Waals surface area contributed by atoms with Crippen molar-refractivity contribution in [3.63, 3.8) is 0 Å². The van der Waals surface area contributed by atoms with Gasteiger partial charge in [0.25, 0.3) is 0 Å². The lowest BCUT2D eigenvalue weighted by atomic mass is 10.0. The Labute approximate surface area is 135 Å². The van der Waals surface area contributed by atoms with Gasteiger partial charge in [-0.05, 0) is 38.0 Å². The van der Waals surface area contributed by atoms with Crippen LogP contribution in [0, 0.1) is 13.8 Å². The summed E-state index contributed by atoms with van der Waals surface area (Å²) in [5, 5.41) is 8.30. The molecular weight excluding hydrogens is 288 g/mol. The summed E-state index contributed by atoms with van der Waals surface area (Å²) in [6.07, 6.45) is 1.77. The maximum absolute atomic E-state index is 11.9. The molecule has 1 amide bonds. The normalized spacial score (nSPS) is 10.9. The van der Waals surface area contributed by atoms with Gasteiger partial charge in [0.05, 0.1) is 5.69 Å². The van der Waals surface area contributed by atoms with Crippen molar-refractivity contribution in [1.29, 1.82) is 0 Å². The Hall–Kier alpha value is -2.69. The molecular formula is C18H20N4O. The predicted molar refractivity (Wildman–Crippen MR) is 91.1 cm³/mol. The molecule has 3 rings (SSSR count). The van der Waals surface area contributed by atoms with Gasteiger partial charge >= 0.3 is 0 Å². The summed E-state index contributed by atoms with van der Waals surface area (Å²) in [6, 6.07) is 10.4. The summed E-state index contributed by atoms with van der Waals surface area (Å²) < 4.78 is 1.67. The molecule has 0 saturated carbocycles. The molecule has 5 nitrogen and oxygen atoms in total. The highest BCUT2D eigenvalue weighted by Gasteiger charge is 2.15. The van der Waals surface area contributed by atoms with Crippen LogP contribution in [0.1, 0.15) is 18.2 Å². The third-order valence-corrected chi connectivity index (χ3v) is 3.84. The van der Waals surface area contributed by atoms with E-state index >= 15 is 0 Å². The zero-order valence-corrected chi connectivity index (χ0v) is 13.6. The zero-order valence-electron chi connectivity index (χ0n) is 13.6. The first-order valence-corrected chi connectivity index (χ1v) is 7.76. The number of pyridine rings is 1.